The van der Waals surface area contributed by atoms with Crippen molar-refractivity contribution < 1.29 is 4.79 Å². The fraction of sp³-hybridized carbons (Fsp3) is 0. The zero-order valence-electron chi connectivity index (χ0n) is 4.60. The summed E-state index contributed by atoms with van der Waals surface area (Å²) in [6.45, 7) is 3.20. The number of primary amides is 1. The molecule has 0 unspecified atom stereocenters. The minimum absolute atomic E-state index is 0.0787. The van der Waals surface area contributed by atoms with Gasteiger partial charge in [0.05, 0.1) is 0 Å². The highest BCUT2D eigenvalue weighted by molar-refractivity contribution is 6.29. The third kappa shape index (κ3) is 2.31. The van der Waals surface area contributed by atoms with Gasteiger partial charge in [0.1, 0.15) is 5.16 Å². The Hall–Kier alpha value is -0.780. The molecule has 0 heterocycles. The van der Waals surface area contributed by atoms with E-state index in [1.165, 1.54) is 0 Å². The topological polar surface area (TPSA) is 84.4 Å². The number of rotatable bonds is 2. The normalized spacial score (nSPS) is 8.67. The van der Waals surface area contributed by atoms with Crippen LogP contribution in [0.1, 0.15) is 0 Å². The van der Waals surface area contributed by atoms with Crippen molar-refractivity contribution in [2.45, 2.75) is 0 Å². The summed E-state index contributed by atoms with van der Waals surface area (Å²) in [6, 6.07) is -0.808. The number of hydrazine groups is 2. The van der Waals surface area contributed by atoms with Crippen LogP contribution in [0.3, 0.4) is 0 Å². The Labute approximate surface area is 57.2 Å². The highest BCUT2D eigenvalue weighted by atomic mass is 35.5. The maximum absolute atomic E-state index is 10.2. The SMILES string of the molecule is C=C(Cl)N(NN)C(N)=O. The number of amides is 2. The van der Waals surface area contributed by atoms with Gasteiger partial charge >= 0.3 is 6.03 Å². The number of nitrogens with two attached hydrogens (primary N) is 2. The number of urea groups is 1. The maximum atomic E-state index is 10.2. The van der Waals surface area contributed by atoms with Crippen LogP contribution in [0.15, 0.2) is 11.7 Å². The number of carbonyl (C=O) groups excluding carboxylic acids is 1. The molecule has 52 valence electrons. The minimum atomic E-state index is -0.808. The largest absolute Gasteiger partial charge is 0.350 e. The van der Waals surface area contributed by atoms with Gasteiger partial charge in [-0.3, -0.25) is 5.84 Å². The molecule has 0 radical (unpaired) electrons. The van der Waals surface area contributed by atoms with Crippen LogP contribution >= 0.6 is 11.6 Å². The van der Waals surface area contributed by atoms with Crippen molar-refractivity contribution in [3.63, 3.8) is 0 Å². The van der Waals surface area contributed by atoms with Gasteiger partial charge in [0.25, 0.3) is 0 Å². The monoisotopic (exact) mass is 150 g/mol. The quantitative estimate of drug-likeness (QED) is 0.281. The number of hydrogen-bond donors (Lipinski definition) is 3. The number of nitrogens with one attached hydrogen (secondary N) is 1. The van der Waals surface area contributed by atoms with Gasteiger partial charge in [-0.25, -0.2) is 9.80 Å². The van der Waals surface area contributed by atoms with E-state index in [0.29, 0.717) is 5.01 Å². The molecule has 0 spiro atoms. The molecule has 0 aliphatic heterocycles. The lowest BCUT2D eigenvalue weighted by atomic mass is 10.9. The molecule has 0 aliphatic carbocycles. The van der Waals surface area contributed by atoms with E-state index in [0.717, 1.165) is 0 Å². The average Bonchev–Trinajstić information content (AvgIpc) is 1.64. The molecule has 0 fully saturated rings. The van der Waals surface area contributed by atoms with Crippen molar-refractivity contribution >= 4 is 17.6 Å². The summed E-state index contributed by atoms with van der Waals surface area (Å²) in [4.78, 5) is 10.2. The second kappa shape index (κ2) is 3.29. The predicted octanol–water partition coefficient (Wildman–Crippen LogP) is -0.545. The summed E-state index contributed by atoms with van der Waals surface area (Å²) in [5.41, 5.74) is 6.68. The third-order valence-electron chi connectivity index (χ3n) is 0.592. The van der Waals surface area contributed by atoms with Crippen molar-refractivity contribution in [2.75, 3.05) is 0 Å². The molecule has 6 heteroatoms. The first-order chi connectivity index (χ1) is 4.09. The van der Waals surface area contributed by atoms with Crippen LogP contribution in [0.2, 0.25) is 0 Å². The van der Waals surface area contributed by atoms with E-state index in [1.807, 2.05) is 5.53 Å². The Bertz CT molecular complexity index is 122. The fourth-order valence-corrected chi connectivity index (χ4v) is 0.385. The van der Waals surface area contributed by atoms with Gasteiger partial charge in [-0.1, -0.05) is 18.2 Å². The molecule has 5 nitrogen and oxygen atoms in total. The second-order valence-electron chi connectivity index (χ2n) is 1.18. The molecule has 0 bridgehead atoms. The summed E-state index contributed by atoms with van der Waals surface area (Å²) in [5, 5.41) is 0.617. The van der Waals surface area contributed by atoms with E-state index in [-0.39, 0.29) is 5.16 Å². The van der Waals surface area contributed by atoms with Crippen LogP contribution in [-0.4, -0.2) is 11.0 Å². The van der Waals surface area contributed by atoms with Crippen LogP contribution in [0.5, 0.6) is 0 Å². The molecule has 5 N–H and O–H groups in total. The molecular weight excluding hydrogens is 144 g/mol. The predicted molar refractivity (Wildman–Crippen MR) is 33.7 cm³/mol. The molecule has 0 aliphatic rings. The Morgan fingerprint density at radius 3 is 2.22 bits per heavy atom. The van der Waals surface area contributed by atoms with E-state index >= 15 is 0 Å². The molecular formula is C3H7ClN4O. The van der Waals surface area contributed by atoms with E-state index in [9.17, 15) is 4.79 Å². The smallest absolute Gasteiger partial charge is 0.335 e. The second-order valence-corrected chi connectivity index (χ2v) is 1.62. The zero-order valence-corrected chi connectivity index (χ0v) is 5.35. The van der Waals surface area contributed by atoms with Gasteiger partial charge in [-0.15, -0.1) is 0 Å². The van der Waals surface area contributed by atoms with Crippen molar-refractivity contribution in [3.05, 3.63) is 11.7 Å². The van der Waals surface area contributed by atoms with Gasteiger partial charge < -0.3 is 5.73 Å². The Balaban J connectivity index is 3.99. The zero-order chi connectivity index (χ0) is 7.44. The summed E-state index contributed by atoms with van der Waals surface area (Å²) < 4.78 is 0. The number of carbonyl (C=O) groups is 1. The molecule has 0 atom stereocenters. The standard InChI is InChI=1S/C3H7ClN4O/c1-2(4)8(7-6)3(5)9/h7H,1,6H2,(H2,5,9). The Morgan fingerprint density at radius 2 is 2.22 bits per heavy atom. The van der Waals surface area contributed by atoms with Gasteiger partial charge in [-0.05, 0) is 0 Å². The first-order valence-corrected chi connectivity index (χ1v) is 2.37. The van der Waals surface area contributed by atoms with E-state index < -0.39 is 6.03 Å². The van der Waals surface area contributed by atoms with Gasteiger partial charge in [0.2, 0.25) is 0 Å². The molecule has 0 aromatic carbocycles. The molecule has 0 aromatic rings. The fourth-order valence-electron chi connectivity index (χ4n) is 0.253. The molecule has 2 amide bonds. The Kier molecular flexibility index (Phi) is 3.00. The maximum Gasteiger partial charge on any atom is 0.335 e. The summed E-state index contributed by atoms with van der Waals surface area (Å²) in [6.07, 6.45) is 0. The van der Waals surface area contributed by atoms with Crippen LogP contribution in [-0.2, 0) is 0 Å². The third-order valence-corrected chi connectivity index (χ3v) is 0.761. The highest BCUT2D eigenvalue weighted by Gasteiger charge is 2.07. The van der Waals surface area contributed by atoms with Gasteiger partial charge in [-0.2, -0.15) is 5.53 Å². The average molecular weight is 151 g/mol. The number of nitrogens with zero attached hydrogens (tertiary/aromatic N) is 1. The first kappa shape index (κ1) is 8.22. The van der Waals surface area contributed by atoms with E-state index in [4.69, 9.17) is 23.2 Å². The van der Waals surface area contributed by atoms with Gasteiger partial charge in [0, 0.05) is 0 Å². The molecule has 0 saturated carbocycles. The lowest BCUT2D eigenvalue weighted by Gasteiger charge is -2.14. The summed E-state index contributed by atoms with van der Waals surface area (Å²) in [5.74, 6) is 4.80. The number of halogens is 1. The van der Waals surface area contributed by atoms with Crippen molar-refractivity contribution in [2.24, 2.45) is 11.6 Å². The Morgan fingerprint density at radius 1 is 1.78 bits per heavy atom. The first-order valence-electron chi connectivity index (χ1n) is 1.99. The highest BCUT2D eigenvalue weighted by Crippen LogP contribution is 1.99. The van der Waals surface area contributed by atoms with E-state index in [1.54, 1.807) is 0 Å². The molecule has 0 aromatic heterocycles. The van der Waals surface area contributed by atoms with Crippen LogP contribution in [0, 0.1) is 0 Å². The van der Waals surface area contributed by atoms with Crippen LogP contribution in [0.4, 0.5) is 4.79 Å². The van der Waals surface area contributed by atoms with Crippen molar-refractivity contribution in [1.29, 1.82) is 0 Å². The van der Waals surface area contributed by atoms with Crippen molar-refractivity contribution in [1.82, 2.24) is 10.5 Å². The van der Waals surface area contributed by atoms with Gasteiger partial charge in [0.15, 0.2) is 0 Å². The lowest BCUT2D eigenvalue weighted by molar-refractivity contribution is 0.205. The van der Waals surface area contributed by atoms with Crippen LogP contribution < -0.4 is 17.1 Å². The van der Waals surface area contributed by atoms with Crippen molar-refractivity contribution in [3.8, 4) is 0 Å². The molecule has 0 rings (SSSR count). The molecule has 9 heavy (non-hydrogen) atoms. The lowest BCUT2D eigenvalue weighted by Crippen LogP contribution is -2.47. The van der Waals surface area contributed by atoms with Crippen LogP contribution in [0.25, 0.3) is 0 Å². The number of hydrogen-bond acceptors (Lipinski definition) is 3. The summed E-state index contributed by atoms with van der Waals surface area (Å²) in [7, 11) is 0. The minimum Gasteiger partial charge on any atom is -0.350 e. The summed E-state index contributed by atoms with van der Waals surface area (Å²) >= 11 is 5.23. The molecule has 0 saturated heterocycles. The van der Waals surface area contributed by atoms with E-state index in [2.05, 4.69) is 6.58 Å².